The molecule has 1 aromatic carbocycles. The molecule has 0 aromatic heterocycles. The molecule has 0 aliphatic carbocycles. The molecule has 1 amide bonds. The molecule has 1 aliphatic rings. The number of nitrogens with zero attached hydrogens (tertiary/aromatic N) is 1. The van der Waals surface area contributed by atoms with Gasteiger partial charge in [-0.15, -0.1) is 0 Å². The van der Waals surface area contributed by atoms with E-state index >= 15 is 0 Å². The van der Waals surface area contributed by atoms with Crippen LogP contribution in [0.2, 0.25) is 0 Å². The number of carbonyl (C=O) groups is 1. The van der Waals surface area contributed by atoms with Crippen LogP contribution in [0.4, 0.5) is 0 Å². The lowest BCUT2D eigenvalue weighted by Gasteiger charge is -2.32. The van der Waals surface area contributed by atoms with Crippen LogP contribution in [0.15, 0.2) is 24.3 Å². The highest BCUT2D eigenvalue weighted by Crippen LogP contribution is 2.14. The highest BCUT2D eigenvalue weighted by molar-refractivity contribution is 5.82. The summed E-state index contributed by atoms with van der Waals surface area (Å²) in [5, 5.41) is 18.8. The molecule has 4 N–H and O–H groups in total. The number of aliphatic hydroxyl groups is 1. The number of aromatic hydroxyl groups is 1. The summed E-state index contributed by atoms with van der Waals surface area (Å²) in [6.45, 7) is 1.04. The zero-order valence-electron chi connectivity index (χ0n) is 10.8. The Morgan fingerprint density at radius 1 is 1.42 bits per heavy atom. The van der Waals surface area contributed by atoms with Crippen LogP contribution in [0.1, 0.15) is 18.4 Å². The second-order valence-corrected chi connectivity index (χ2v) is 5.06. The van der Waals surface area contributed by atoms with Crippen molar-refractivity contribution in [3.63, 3.8) is 0 Å². The van der Waals surface area contributed by atoms with Gasteiger partial charge in [0, 0.05) is 13.1 Å². The predicted molar refractivity (Wildman–Crippen MR) is 71.6 cm³/mol. The summed E-state index contributed by atoms with van der Waals surface area (Å²) in [4.78, 5) is 13.8. The number of likely N-dealkylation sites (tertiary alicyclic amines) is 1. The summed E-state index contributed by atoms with van der Waals surface area (Å²) < 4.78 is 0. The lowest BCUT2D eigenvalue weighted by Crippen LogP contribution is -2.50. The fourth-order valence-corrected chi connectivity index (χ4v) is 2.36. The van der Waals surface area contributed by atoms with E-state index in [1.807, 2.05) is 0 Å². The van der Waals surface area contributed by atoms with Crippen molar-refractivity contribution < 1.29 is 15.0 Å². The van der Waals surface area contributed by atoms with E-state index in [0.717, 1.165) is 18.4 Å². The topological polar surface area (TPSA) is 86.8 Å². The van der Waals surface area contributed by atoms with Gasteiger partial charge in [0.1, 0.15) is 5.75 Å². The van der Waals surface area contributed by atoms with Crippen molar-refractivity contribution in [1.29, 1.82) is 0 Å². The van der Waals surface area contributed by atoms with Gasteiger partial charge in [-0.2, -0.15) is 0 Å². The first-order chi connectivity index (χ1) is 9.06. The van der Waals surface area contributed by atoms with Gasteiger partial charge >= 0.3 is 0 Å². The highest BCUT2D eigenvalue weighted by Gasteiger charge is 2.26. The molecular weight excluding hydrogens is 244 g/mol. The zero-order valence-corrected chi connectivity index (χ0v) is 10.8. The molecule has 104 valence electrons. The summed E-state index contributed by atoms with van der Waals surface area (Å²) in [6.07, 6.45) is 1.57. The van der Waals surface area contributed by atoms with E-state index < -0.39 is 12.1 Å². The minimum Gasteiger partial charge on any atom is -0.508 e. The number of piperidine rings is 1. The van der Waals surface area contributed by atoms with E-state index in [4.69, 9.17) is 5.73 Å². The Labute approximate surface area is 112 Å². The molecule has 0 unspecified atom stereocenters. The van der Waals surface area contributed by atoms with Gasteiger partial charge in [-0.1, -0.05) is 12.1 Å². The molecule has 2 rings (SSSR count). The normalized spacial score (nSPS) is 21.2. The first-order valence-corrected chi connectivity index (χ1v) is 6.56. The monoisotopic (exact) mass is 264 g/mol. The Hall–Kier alpha value is -1.59. The van der Waals surface area contributed by atoms with E-state index in [-0.39, 0.29) is 11.7 Å². The fourth-order valence-electron chi connectivity index (χ4n) is 2.36. The highest BCUT2D eigenvalue weighted by atomic mass is 16.3. The number of hydrogen-bond acceptors (Lipinski definition) is 4. The number of nitrogens with two attached hydrogens (primary N) is 1. The Bertz CT molecular complexity index is 433. The van der Waals surface area contributed by atoms with Crippen LogP contribution in [0.25, 0.3) is 0 Å². The number of benzene rings is 1. The summed E-state index contributed by atoms with van der Waals surface area (Å²) >= 11 is 0. The maximum atomic E-state index is 12.2. The summed E-state index contributed by atoms with van der Waals surface area (Å²) in [5.41, 5.74) is 6.84. The van der Waals surface area contributed by atoms with Crippen LogP contribution >= 0.6 is 0 Å². The number of rotatable bonds is 3. The molecule has 0 bridgehead atoms. The van der Waals surface area contributed by atoms with Gasteiger partial charge in [0.25, 0.3) is 0 Å². The van der Waals surface area contributed by atoms with Crippen molar-refractivity contribution in [3.05, 3.63) is 29.8 Å². The number of carbonyl (C=O) groups excluding carboxylic acids is 1. The van der Waals surface area contributed by atoms with Crippen molar-refractivity contribution in [3.8, 4) is 5.75 Å². The fraction of sp³-hybridized carbons (Fsp3) is 0.500. The van der Waals surface area contributed by atoms with Gasteiger partial charge in [0.05, 0.1) is 12.1 Å². The van der Waals surface area contributed by atoms with Gasteiger partial charge in [-0.05, 0) is 37.0 Å². The van der Waals surface area contributed by atoms with Crippen LogP contribution in [0.3, 0.4) is 0 Å². The van der Waals surface area contributed by atoms with Gasteiger partial charge in [-0.25, -0.2) is 0 Å². The van der Waals surface area contributed by atoms with Crippen LogP contribution in [0.5, 0.6) is 5.75 Å². The van der Waals surface area contributed by atoms with Gasteiger partial charge < -0.3 is 20.8 Å². The SMILES string of the molecule is N[C@@H](Cc1ccc(O)cc1)C(=O)N1CCC[C@H](O)C1. The number of phenols is 1. The summed E-state index contributed by atoms with van der Waals surface area (Å²) in [5.74, 6) is 0.0784. The molecular formula is C14H20N2O3. The summed E-state index contributed by atoms with van der Waals surface area (Å²) in [7, 11) is 0. The van der Waals surface area contributed by atoms with Crippen LogP contribution in [0, 0.1) is 0 Å². The van der Waals surface area contributed by atoms with E-state index in [0.29, 0.717) is 19.5 Å². The minimum absolute atomic E-state index is 0.119. The Morgan fingerprint density at radius 2 is 2.11 bits per heavy atom. The lowest BCUT2D eigenvalue weighted by atomic mass is 10.0. The summed E-state index contributed by atoms with van der Waals surface area (Å²) in [6, 6.07) is 6.07. The van der Waals surface area contributed by atoms with Crippen LogP contribution in [-0.2, 0) is 11.2 Å². The van der Waals surface area contributed by atoms with Crippen molar-refractivity contribution in [1.82, 2.24) is 4.90 Å². The number of hydrogen-bond donors (Lipinski definition) is 3. The van der Waals surface area contributed by atoms with E-state index in [1.54, 1.807) is 29.2 Å². The molecule has 1 fully saturated rings. The molecule has 1 heterocycles. The smallest absolute Gasteiger partial charge is 0.239 e. The Kier molecular flexibility index (Phi) is 4.39. The molecule has 2 atom stereocenters. The number of phenolic OH excluding ortho intramolecular Hbond substituents is 1. The average molecular weight is 264 g/mol. The third-order valence-electron chi connectivity index (χ3n) is 3.42. The first kappa shape index (κ1) is 13.8. The standard InChI is InChI=1S/C14H20N2O3/c15-13(8-10-3-5-11(17)6-4-10)14(19)16-7-1-2-12(18)9-16/h3-6,12-13,17-18H,1-2,7-9,15H2/t12-,13-/m0/s1. The molecule has 0 spiro atoms. The van der Waals surface area contributed by atoms with Gasteiger partial charge in [-0.3, -0.25) is 4.79 Å². The second-order valence-electron chi connectivity index (χ2n) is 5.06. The quantitative estimate of drug-likeness (QED) is 0.730. The lowest BCUT2D eigenvalue weighted by molar-refractivity contribution is -0.135. The minimum atomic E-state index is -0.602. The van der Waals surface area contributed by atoms with Crippen LogP contribution < -0.4 is 5.73 Å². The third kappa shape index (κ3) is 3.68. The molecule has 1 saturated heterocycles. The second kappa shape index (κ2) is 6.04. The molecule has 5 nitrogen and oxygen atoms in total. The van der Waals surface area contributed by atoms with Gasteiger partial charge in [0.2, 0.25) is 5.91 Å². The number of aliphatic hydroxyl groups excluding tert-OH is 1. The van der Waals surface area contributed by atoms with E-state index in [9.17, 15) is 15.0 Å². The van der Waals surface area contributed by atoms with E-state index in [1.165, 1.54) is 0 Å². The molecule has 1 aromatic rings. The van der Waals surface area contributed by atoms with Crippen LogP contribution in [-0.4, -0.2) is 46.3 Å². The maximum Gasteiger partial charge on any atom is 0.239 e. The first-order valence-electron chi connectivity index (χ1n) is 6.56. The molecule has 19 heavy (non-hydrogen) atoms. The van der Waals surface area contributed by atoms with Crippen molar-refractivity contribution in [2.75, 3.05) is 13.1 Å². The molecule has 1 aliphatic heterocycles. The Morgan fingerprint density at radius 3 is 2.74 bits per heavy atom. The van der Waals surface area contributed by atoms with Crippen molar-refractivity contribution in [2.45, 2.75) is 31.4 Å². The zero-order chi connectivity index (χ0) is 13.8. The number of amides is 1. The number of β-amino-alcohol motifs (C(OH)–C–C–N with tert-alkyl or cyclic N) is 1. The van der Waals surface area contributed by atoms with Gasteiger partial charge in [0.15, 0.2) is 0 Å². The maximum absolute atomic E-state index is 12.2. The average Bonchev–Trinajstić information content (AvgIpc) is 2.40. The predicted octanol–water partition coefficient (Wildman–Crippen LogP) is 0.245. The van der Waals surface area contributed by atoms with Crippen molar-refractivity contribution in [2.24, 2.45) is 5.73 Å². The van der Waals surface area contributed by atoms with Crippen molar-refractivity contribution >= 4 is 5.91 Å². The largest absolute Gasteiger partial charge is 0.508 e. The van der Waals surface area contributed by atoms with E-state index in [2.05, 4.69) is 0 Å². The molecule has 0 saturated carbocycles. The molecule has 0 radical (unpaired) electrons. The molecule has 5 heteroatoms. The third-order valence-corrected chi connectivity index (χ3v) is 3.42. The Balaban J connectivity index is 1.93.